The molecule has 2 atom stereocenters. The highest BCUT2D eigenvalue weighted by Crippen LogP contribution is 2.44. The summed E-state index contributed by atoms with van der Waals surface area (Å²) < 4.78 is 0. The lowest BCUT2D eigenvalue weighted by Gasteiger charge is -2.29. The molecule has 0 aromatic heterocycles. The Bertz CT molecular complexity index is 827. The van der Waals surface area contributed by atoms with E-state index in [1.54, 1.807) is 0 Å². The van der Waals surface area contributed by atoms with Gasteiger partial charge in [-0.25, -0.2) is 5.01 Å². The lowest BCUT2D eigenvalue weighted by atomic mass is 9.77. The Hall–Kier alpha value is -2.46. The summed E-state index contributed by atoms with van der Waals surface area (Å²) in [5, 5.41) is 7.04. The van der Waals surface area contributed by atoms with Gasteiger partial charge < -0.3 is 5.73 Å². The van der Waals surface area contributed by atoms with Crippen molar-refractivity contribution in [3.8, 4) is 0 Å². The van der Waals surface area contributed by atoms with Crippen molar-refractivity contribution in [3.63, 3.8) is 0 Å². The first-order valence-corrected chi connectivity index (χ1v) is 9.13. The van der Waals surface area contributed by atoms with Gasteiger partial charge in [0.05, 0.1) is 11.8 Å². The molecule has 0 saturated heterocycles. The van der Waals surface area contributed by atoms with Gasteiger partial charge in [0.15, 0.2) is 5.11 Å². The van der Waals surface area contributed by atoms with Crippen LogP contribution in [0.5, 0.6) is 0 Å². The number of nitrogens with two attached hydrogens (primary N) is 1. The van der Waals surface area contributed by atoms with Crippen LogP contribution < -0.4 is 5.73 Å². The van der Waals surface area contributed by atoms with Crippen LogP contribution in [0.15, 0.2) is 71.3 Å². The highest BCUT2D eigenvalue weighted by molar-refractivity contribution is 7.80. The molecule has 4 rings (SSSR count). The fraction of sp³-hybridized carbons (Fsp3) is 0.238. The fourth-order valence-electron chi connectivity index (χ4n) is 3.92. The van der Waals surface area contributed by atoms with E-state index in [0.717, 1.165) is 25.0 Å². The summed E-state index contributed by atoms with van der Waals surface area (Å²) in [6.45, 7) is 0. The van der Waals surface area contributed by atoms with Crippen LogP contribution in [-0.4, -0.2) is 15.8 Å². The van der Waals surface area contributed by atoms with Gasteiger partial charge in [-0.05, 0) is 54.3 Å². The van der Waals surface area contributed by atoms with Gasteiger partial charge in [-0.2, -0.15) is 5.10 Å². The summed E-state index contributed by atoms with van der Waals surface area (Å²) in [6.07, 6.45) is 5.59. The Morgan fingerprint density at radius 3 is 2.44 bits per heavy atom. The molecule has 25 heavy (non-hydrogen) atoms. The molecule has 1 aliphatic carbocycles. The molecule has 2 aliphatic rings. The highest BCUT2D eigenvalue weighted by Gasteiger charge is 2.42. The normalized spacial score (nSPS) is 24.1. The van der Waals surface area contributed by atoms with Gasteiger partial charge in [-0.1, -0.05) is 60.7 Å². The number of benzene rings is 2. The van der Waals surface area contributed by atoms with Crippen molar-refractivity contribution >= 4 is 29.1 Å². The van der Waals surface area contributed by atoms with Gasteiger partial charge in [0.1, 0.15) is 0 Å². The number of rotatable bonds is 2. The molecule has 0 radical (unpaired) electrons. The molecule has 0 unspecified atom stereocenters. The third-order valence-electron chi connectivity index (χ3n) is 5.01. The van der Waals surface area contributed by atoms with Crippen molar-refractivity contribution in [2.75, 3.05) is 0 Å². The smallest absolute Gasteiger partial charge is 0.187 e. The first-order valence-electron chi connectivity index (χ1n) is 8.72. The number of hydrazone groups is 1. The van der Waals surface area contributed by atoms with E-state index >= 15 is 0 Å². The largest absolute Gasteiger partial charge is 0.375 e. The average molecular weight is 347 g/mol. The van der Waals surface area contributed by atoms with Gasteiger partial charge in [0.25, 0.3) is 0 Å². The van der Waals surface area contributed by atoms with Gasteiger partial charge in [-0.3, -0.25) is 0 Å². The molecular formula is C21H21N3S. The standard InChI is InChI=1S/C21H21N3S/c22-21(25)24-20(16-10-5-2-6-11-16)18-13-7-12-17(19(18)23-24)14-15-8-3-1-4-9-15/h1-6,8-11,14,18,20H,7,12-13H2,(H2,22,25)/b17-14-/t18-,20-/m1/s1. The second-order valence-electron chi connectivity index (χ2n) is 6.60. The number of hydrogen-bond donors (Lipinski definition) is 1. The highest BCUT2D eigenvalue weighted by atomic mass is 32.1. The maximum atomic E-state index is 6.01. The van der Waals surface area contributed by atoms with E-state index in [1.165, 1.54) is 16.7 Å². The van der Waals surface area contributed by atoms with Crippen molar-refractivity contribution in [3.05, 3.63) is 77.4 Å². The summed E-state index contributed by atoms with van der Waals surface area (Å²) in [6, 6.07) is 21.0. The van der Waals surface area contributed by atoms with Crippen LogP contribution in [0.4, 0.5) is 0 Å². The molecule has 1 saturated carbocycles. The monoisotopic (exact) mass is 347 g/mol. The predicted octanol–water partition coefficient (Wildman–Crippen LogP) is 4.53. The minimum Gasteiger partial charge on any atom is -0.375 e. The number of thiocarbonyl (C=S) groups is 1. The van der Waals surface area contributed by atoms with E-state index in [2.05, 4.69) is 54.6 Å². The van der Waals surface area contributed by atoms with Crippen LogP contribution in [0.3, 0.4) is 0 Å². The van der Waals surface area contributed by atoms with Crippen LogP contribution in [-0.2, 0) is 0 Å². The Kier molecular flexibility index (Phi) is 4.36. The van der Waals surface area contributed by atoms with Gasteiger partial charge in [-0.15, -0.1) is 0 Å². The number of fused-ring (bicyclic) bond motifs is 1. The van der Waals surface area contributed by atoms with E-state index in [-0.39, 0.29) is 6.04 Å². The maximum absolute atomic E-state index is 6.01. The average Bonchev–Trinajstić information content (AvgIpc) is 3.04. The molecule has 2 aromatic rings. The zero-order valence-electron chi connectivity index (χ0n) is 14.0. The van der Waals surface area contributed by atoms with Crippen molar-refractivity contribution in [1.82, 2.24) is 5.01 Å². The lowest BCUT2D eigenvalue weighted by Crippen LogP contribution is -2.34. The van der Waals surface area contributed by atoms with Gasteiger partial charge >= 0.3 is 0 Å². The summed E-state index contributed by atoms with van der Waals surface area (Å²) >= 11 is 5.30. The van der Waals surface area contributed by atoms with Crippen molar-refractivity contribution in [2.45, 2.75) is 25.3 Å². The molecule has 0 spiro atoms. The second-order valence-corrected chi connectivity index (χ2v) is 7.02. The van der Waals surface area contributed by atoms with Crippen LogP contribution in [0.1, 0.15) is 36.4 Å². The Morgan fingerprint density at radius 1 is 1.08 bits per heavy atom. The minimum absolute atomic E-state index is 0.105. The van der Waals surface area contributed by atoms with Crippen molar-refractivity contribution < 1.29 is 0 Å². The van der Waals surface area contributed by atoms with Crippen LogP contribution in [0.25, 0.3) is 6.08 Å². The number of allylic oxidation sites excluding steroid dienone is 1. The first-order chi connectivity index (χ1) is 12.2. The quantitative estimate of drug-likeness (QED) is 0.812. The minimum atomic E-state index is 0.105. The van der Waals surface area contributed by atoms with E-state index in [0.29, 0.717) is 11.0 Å². The van der Waals surface area contributed by atoms with Gasteiger partial charge in [0.2, 0.25) is 0 Å². The molecule has 1 aliphatic heterocycles. The topological polar surface area (TPSA) is 41.6 Å². The Morgan fingerprint density at radius 2 is 1.76 bits per heavy atom. The predicted molar refractivity (Wildman–Crippen MR) is 107 cm³/mol. The van der Waals surface area contributed by atoms with Crippen molar-refractivity contribution in [1.29, 1.82) is 0 Å². The third-order valence-corrected chi connectivity index (χ3v) is 5.20. The molecule has 1 fully saturated rings. The molecule has 4 heteroatoms. The lowest BCUT2D eigenvalue weighted by molar-refractivity contribution is 0.305. The fourth-order valence-corrected chi connectivity index (χ4v) is 4.07. The molecule has 126 valence electrons. The summed E-state index contributed by atoms with van der Waals surface area (Å²) in [4.78, 5) is 0. The molecule has 1 heterocycles. The number of hydrogen-bond acceptors (Lipinski definition) is 2. The van der Waals surface area contributed by atoms with Crippen LogP contribution in [0.2, 0.25) is 0 Å². The summed E-state index contributed by atoms with van der Waals surface area (Å²) in [5.41, 5.74) is 10.9. The SMILES string of the molecule is NC(=S)N1N=C2/C(=C\c3ccccc3)CCC[C@H]2[C@H]1c1ccccc1. The second kappa shape index (κ2) is 6.81. The molecule has 2 N–H and O–H groups in total. The number of nitrogens with zero attached hydrogens (tertiary/aromatic N) is 2. The Balaban J connectivity index is 1.74. The van der Waals surface area contributed by atoms with E-state index in [9.17, 15) is 0 Å². The van der Waals surface area contributed by atoms with Crippen LogP contribution in [0, 0.1) is 5.92 Å². The Labute approximate surface area is 153 Å². The van der Waals surface area contributed by atoms with E-state index < -0.39 is 0 Å². The molecular weight excluding hydrogens is 326 g/mol. The zero-order chi connectivity index (χ0) is 17.2. The third kappa shape index (κ3) is 3.10. The van der Waals surface area contributed by atoms with Gasteiger partial charge in [0, 0.05) is 5.92 Å². The summed E-state index contributed by atoms with van der Waals surface area (Å²) in [7, 11) is 0. The van der Waals surface area contributed by atoms with E-state index in [4.69, 9.17) is 23.1 Å². The first kappa shape index (κ1) is 16.0. The zero-order valence-corrected chi connectivity index (χ0v) is 14.8. The van der Waals surface area contributed by atoms with Crippen LogP contribution >= 0.6 is 12.2 Å². The molecule has 3 nitrogen and oxygen atoms in total. The molecule has 2 aromatic carbocycles. The molecule has 0 bridgehead atoms. The van der Waals surface area contributed by atoms with Crippen molar-refractivity contribution in [2.24, 2.45) is 16.8 Å². The molecule has 0 amide bonds. The maximum Gasteiger partial charge on any atom is 0.187 e. The summed E-state index contributed by atoms with van der Waals surface area (Å²) in [5.74, 6) is 0.340. The van der Waals surface area contributed by atoms with E-state index in [1.807, 2.05) is 17.1 Å².